The van der Waals surface area contributed by atoms with Crippen LogP contribution in [0.1, 0.15) is 26.7 Å². The Morgan fingerprint density at radius 2 is 1.68 bits per heavy atom. The number of anilines is 1. The molecular formula is C20H21FN2O5. The predicted octanol–water partition coefficient (Wildman–Crippen LogP) is 2.04. The Labute approximate surface area is 161 Å². The maximum atomic E-state index is 13.6. The monoisotopic (exact) mass is 388 g/mol. The molecule has 0 saturated carbocycles. The third kappa shape index (κ3) is 3.67. The maximum Gasteiger partial charge on any atom is 0.329 e. The van der Waals surface area contributed by atoms with Gasteiger partial charge in [0.15, 0.2) is 6.10 Å². The van der Waals surface area contributed by atoms with Crippen LogP contribution in [0, 0.1) is 17.7 Å². The molecule has 1 aliphatic carbocycles. The lowest BCUT2D eigenvalue weighted by atomic mass is 9.85. The zero-order valence-corrected chi connectivity index (χ0v) is 15.6. The highest BCUT2D eigenvalue weighted by Crippen LogP contribution is 2.36. The fourth-order valence-electron chi connectivity index (χ4n) is 3.44. The summed E-state index contributed by atoms with van der Waals surface area (Å²) in [4.78, 5) is 50.6. The number of likely N-dealkylation sites (tertiary alicyclic amines) is 1. The smallest absolute Gasteiger partial charge is 0.329 e. The second kappa shape index (κ2) is 7.92. The van der Waals surface area contributed by atoms with Crippen LogP contribution in [0.15, 0.2) is 36.4 Å². The van der Waals surface area contributed by atoms with Crippen molar-refractivity contribution in [2.24, 2.45) is 11.8 Å². The molecule has 1 heterocycles. The Kier molecular flexibility index (Phi) is 5.58. The first-order valence-corrected chi connectivity index (χ1v) is 9.09. The number of allylic oxidation sites excluding steroid dienone is 2. The highest BCUT2D eigenvalue weighted by Gasteiger charge is 2.50. The SMILES string of the molecule is C[C@H](OC(=O)[C@H](C)N1C(=O)[C@@H]2CC=CC[C@H]2C1=O)C(=O)Nc1ccccc1F. The Morgan fingerprint density at radius 3 is 2.25 bits per heavy atom. The van der Waals surface area contributed by atoms with Gasteiger partial charge in [-0.3, -0.25) is 19.3 Å². The molecule has 1 aromatic carbocycles. The molecule has 1 fully saturated rings. The minimum atomic E-state index is -1.23. The number of amides is 3. The first-order chi connectivity index (χ1) is 13.3. The quantitative estimate of drug-likeness (QED) is 0.473. The highest BCUT2D eigenvalue weighted by molar-refractivity contribution is 6.08. The minimum absolute atomic E-state index is 0.0371. The van der Waals surface area contributed by atoms with E-state index in [1.165, 1.54) is 32.0 Å². The van der Waals surface area contributed by atoms with E-state index in [1.807, 2.05) is 12.2 Å². The zero-order chi connectivity index (χ0) is 20.4. The van der Waals surface area contributed by atoms with Crippen molar-refractivity contribution in [2.45, 2.75) is 38.8 Å². The molecule has 0 unspecified atom stereocenters. The van der Waals surface area contributed by atoms with Gasteiger partial charge in [-0.15, -0.1) is 0 Å². The number of carbonyl (C=O) groups excluding carboxylic acids is 4. The number of ether oxygens (including phenoxy) is 1. The lowest BCUT2D eigenvalue weighted by Crippen LogP contribution is -2.46. The average molecular weight is 388 g/mol. The van der Waals surface area contributed by atoms with E-state index >= 15 is 0 Å². The lowest BCUT2D eigenvalue weighted by molar-refractivity contribution is -0.163. The number of carbonyl (C=O) groups is 4. The Balaban J connectivity index is 1.62. The number of hydrogen-bond acceptors (Lipinski definition) is 5. The lowest BCUT2D eigenvalue weighted by Gasteiger charge is -2.23. The molecule has 8 heteroatoms. The molecule has 1 aliphatic heterocycles. The van der Waals surface area contributed by atoms with Gasteiger partial charge in [0.1, 0.15) is 11.9 Å². The maximum absolute atomic E-state index is 13.6. The number of hydrogen-bond donors (Lipinski definition) is 1. The average Bonchev–Trinajstić information content (AvgIpc) is 2.93. The van der Waals surface area contributed by atoms with Gasteiger partial charge in [-0.1, -0.05) is 24.3 Å². The Hall–Kier alpha value is -3.03. The number of nitrogens with zero attached hydrogens (tertiary/aromatic N) is 1. The van der Waals surface area contributed by atoms with Gasteiger partial charge in [0.2, 0.25) is 11.8 Å². The topological polar surface area (TPSA) is 92.8 Å². The van der Waals surface area contributed by atoms with Crippen LogP contribution in [-0.2, 0) is 23.9 Å². The van der Waals surface area contributed by atoms with E-state index in [0.29, 0.717) is 12.8 Å². The van der Waals surface area contributed by atoms with Gasteiger partial charge in [-0.05, 0) is 38.8 Å². The van der Waals surface area contributed by atoms with E-state index < -0.39 is 53.5 Å². The third-order valence-corrected chi connectivity index (χ3v) is 5.06. The molecule has 4 atom stereocenters. The minimum Gasteiger partial charge on any atom is -0.451 e. The normalized spacial score (nSPS) is 23.2. The van der Waals surface area contributed by atoms with Gasteiger partial charge in [0.25, 0.3) is 5.91 Å². The van der Waals surface area contributed by atoms with Crippen molar-refractivity contribution in [3.8, 4) is 0 Å². The first kappa shape index (κ1) is 19.7. The van der Waals surface area contributed by atoms with Crippen molar-refractivity contribution in [1.29, 1.82) is 0 Å². The van der Waals surface area contributed by atoms with Gasteiger partial charge in [0.05, 0.1) is 17.5 Å². The highest BCUT2D eigenvalue weighted by atomic mass is 19.1. The number of fused-ring (bicyclic) bond motifs is 1. The standard InChI is InChI=1S/C20H21FN2O5/c1-11(23-18(25)13-7-3-4-8-14(13)19(23)26)20(27)28-12(2)17(24)22-16-10-6-5-9-15(16)21/h3-6,9-14H,7-8H2,1-2H3,(H,22,24)/t11-,12-,13+,14+/m0/s1. The molecular weight excluding hydrogens is 367 g/mol. The molecule has 148 valence electrons. The summed E-state index contributed by atoms with van der Waals surface area (Å²) in [6.45, 7) is 2.72. The number of rotatable bonds is 5. The summed E-state index contributed by atoms with van der Waals surface area (Å²) in [6, 6.07) is 4.45. The van der Waals surface area contributed by atoms with Gasteiger partial charge in [-0.2, -0.15) is 0 Å². The summed E-state index contributed by atoms with van der Waals surface area (Å²) in [6.07, 6.45) is 3.41. The van der Waals surface area contributed by atoms with Crippen molar-refractivity contribution in [2.75, 3.05) is 5.32 Å². The molecule has 1 saturated heterocycles. The second-order valence-corrected chi connectivity index (χ2v) is 6.93. The third-order valence-electron chi connectivity index (χ3n) is 5.06. The summed E-state index contributed by atoms with van der Waals surface area (Å²) in [7, 11) is 0. The molecule has 3 rings (SSSR count). The summed E-state index contributed by atoms with van der Waals surface area (Å²) < 4.78 is 18.7. The van der Waals surface area contributed by atoms with Crippen molar-refractivity contribution >= 4 is 29.4 Å². The van der Waals surface area contributed by atoms with Crippen molar-refractivity contribution in [3.05, 3.63) is 42.2 Å². The number of imide groups is 1. The molecule has 0 aromatic heterocycles. The van der Waals surface area contributed by atoms with E-state index in [-0.39, 0.29) is 5.69 Å². The molecule has 28 heavy (non-hydrogen) atoms. The molecule has 7 nitrogen and oxygen atoms in total. The largest absolute Gasteiger partial charge is 0.451 e. The molecule has 0 radical (unpaired) electrons. The van der Waals surface area contributed by atoms with Crippen LogP contribution in [-0.4, -0.2) is 40.7 Å². The van der Waals surface area contributed by atoms with Crippen molar-refractivity contribution in [1.82, 2.24) is 4.90 Å². The Morgan fingerprint density at radius 1 is 1.11 bits per heavy atom. The molecule has 1 aromatic rings. The molecule has 1 N–H and O–H groups in total. The van der Waals surface area contributed by atoms with Crippen LogP contribution in [0.3, 0.4) is 0 Å². The van der Waals surface area contributed by atoms with Crippen LogP contribution in [0.2, 0.25) is 0 Å². The van der Waals surface area contributed by atoms with E-state index in [0.717, 1.165) is 4.90 Å². The number of halogens is 1. The fourth-order valence-corrected chi connectivity index (χ4v) is 3.44. The molecule has 0 spiro atoms. The number of nitrogens with one attached hydrogen (secondary N) is 1. The van der Waals surface area contributed by atoms with E-state index in [1.54, 1.807) is 6.07 Å². The van der Waals surface area contributed by atoms with Crippen LogP contribution in [0.25, 0.3) is 0 Å². The Bertz CT molecular complexity index is 827. The van der Waals surface area contributed by atoms with Crippen molar-refractivity contribution < 1.29 is 28.3 Å². The summed E-state index contributed by atoms with van der Waals surface area (Å²) in [5.74, 6) is -3.90. The summed E-state index contributed by atoms with van der Waals surface area (Å²) >= 11 is 0. The van der Waals surface area contributed by atoms with Gasteiger partial charge in [-0.25, -0.2) is 9.18 Å². The predicted molar refractivity (Wildman–Crippen MR) is 97.3 cm³/mol. The zero-order valence-electron chi connectivity index (χ0n) is 15.6. The van der Waals surface area contributed by atoms with Gasteiger partial charge in [0, 0.05) is 0 Å². The second-order valence-electron chi connectivity index (χ2n) is 6.93. The van der Waals surface area contributed by atoms with Crippen LogP contribution >= 0.6 is 0 Å². The van der Waals surface area contributed by atoms with Gasteiger partial charge < -0.3 is 10.1 Å². The van der Waals surface area contributed by atoms with Crippen LogP contribution in [0.5, 0.6) is 0 Å². The summed E-state index contributed by atoms with van der Waals surface area (Å²) in [5.41, 5.74) is -0.0371. The number of para-hydroxylation sites is 1. The van der Waals surface area contributed by atoms with E-state index in [9.17, 15) is 23.6 Å². The number of esters is 1. The van der Waals surface area contributed by atoms with Crippen LogP contribution in [0.4, 0.5) is 10.1 Å². The molecule has 3 amide bonds. The first-order valence-electron chi connectivity index (χ1n) is 9.09. The molecule has 0 bridgehead atoms. The van der Waals surface area contributed by atoms with Gasteiger partial charge >= 0.3 is 5.97 Å². The fraction of sp³-hybridized carbons (Fsp3) is 0.400. The van der Waals surface area contributed by atoms with E-state index in [4.69, 9.17) is 4.74 Å². The van der Waals surface area contributed by atoms with E-state index in [2.05, 4.69) is 5.32 Å². The number of benzene rings is 1. The van der Waals surface area contributed by atoms with Crippen LogP contribution < -0.4 is 5.32 Å². The summed E-state index contributed by atoms with van der Waals surface area (Å²) in [5, 5.41) is 2.34. The molecule has 2 aliphatic rings. The van der Waals surface area contributed by atoms with Crippen molar-refractivity contribution in [3.63, 3.8) is 0 Å².